The van der Waals surface area contributed by atoms with Gasteiger partial charge in [-0.25, -0.2) is 9.97 Å². The first kappa shape index (κ1) is 17.4. The molecule has 0 radical (unpaired) electrons. The highest BCUT2D eigenvalue weighted by Gasteiger charge is 2.35. The van der Waals surface area contributed by atoms with E-state index in [1.54, 1.807) is 0 Å². The summed E-state index contributed by atoms with van der Waals surface area (Å²) < 4.78 is 42.7. The minimum atomic E-state index is -4.53. The highest BCUT2D eigenvalue weighted by molar-refractivity contribution is 5.86. The van der Waals surface area contributed by atoms with E-state index in [9.17, 15) is 18.0 Å². The lowest BCUT2D eigenvalue weighted by Crippen LogP contribution is -2.57. The molecule has 0 saturated carbocycles. The van der Waals surface area contributed by atoms with E-state index < -0.39 is 17.4 Å². The Labute approximate surface area is 130 Å². The van der Waals surface area contributed by atoms with Crippen LogP contribution in [-0.2, 0) is 15.7 Å². The van der Waals surface area contributed by atoms with Crippen molar-refractivity contribution in [2.75, 3.05) is 31.6 Å². The number of carbonyl (C=O) groups is 1. The van der Waals surface area contributed by atoms with Gasteiger partial charge in [-0.1, -0.05) is 0 Å². The zero-order valence-electron chi connectivity index (χ0n) is 12.3. The van der Waals surface area contributed by atoms with Crippen molar-refractivity contribution in [2.24, 2.45) is 5.73 Å². The summed E-state index contributed by atoms with van der Waals surface area (Å²) in [6.45, 7) is 1.23. The average Bonchev–Trinajstić information content (AvgIpc) is 2.51. The number of ether oxygens (including phenoxy) is 1. The topological polar surface area (TPSA) is 102 Å². The van der Waals surface area contributed by atoms with Crippen LogP contribution >= 0.6 is 0 Å². The molecule has 2 heterocycles. The van der Waals surface area contributed by atoms with E-state index in [0.29, 0.717) is 26.1 Å². The summed E-state index contributed by atoms with van der Waals surface area (Å²) in [6, 6.07) is 0.788. The van der Waals surface area contributed by atoms with Gasteiger partial charge in [0.1, 0.15) is 5.69 Å². The van der Waals surface area contributed by atoms with Gasteiger partial charge in [0.15, 0.2) is 0 Å². The van der Waals surface area contributed by atoms with Gasteiger partial charge in [-0.3, -0.25) is 4.79 Å². The van der Waals surface area contributed by atoms with Crippen LogP contribution in [0.5, 0.6) is 0 Å². The molecule has 1 aromatic rings. The summed E-state index contributed by atoms with van der Waals surface area (Å²) in [6.07, 6.45) is -2.64. The third-order valence-corrected chi connectivity index (χ3v) is 3.48. The first-order chi connectivity index (χ1) is 10.8. The maximum absolute atomic E-state index is 12.5. The van der Waals surface area contributed by atoms with E-state index in [1.807, 2.05) is 0 Å². The van der Waals surface area contributed by atoms with Gasteiger partial charge in [0.2, 0.25) is 11.9 Å². The maximum atomic E-state index is 12.5. The van der Waals surface area contributed by atoms with E-state index in [2.05, 4.69) is 20.6 Å². The molecule has 1 aliphatic rings. The SMILES string of the molecule is NC1(C(=O)NCCNc2nccc(C(F)(F)F)n2)CCOCC1. The molecule has 128 valence electrons. The average molecular weight is 333 g/mol. The van der Waals surface area contributed by atoms with Crippen molar-refractivity contribution in [3.8, 4) is 0 Å². The van der Waals surface area contributed by atoms with Gasteiger partial charge in [-0.2, -0.15) is 13.2 Å². The summed E-state index contributed by atoms with van der Waals surface area (Å²) in [5.41, 5.74) is 4.02. The van der Waals surface area contributed by atoms with Crippen LogP contribution in [0.1, 0.15) is 18.5 Å². The Balaban J connectivity index is 1.78. The van der Waals surface area contributed by atoms with E-state index in [4.69, 9.17) is 10.5 Å². The Bertz CT molecular complexity index is 547. The van der Waals surface area contributed by atoms with Gasteiger partial charge in [0, 0.05) is 32.5 Å². The lowest BCUT2D eigenvalue weighted by Gasteiger charge is -2.31. The fraction of sp³-hybridized carbons (Fsp3) is 0.615. The van der Waals surface area contributed by atoms with Gasteiger partial charge in [0.25, 0.3) is 0 Å². The fourth-order valence-electron chi connectivity index (χ4n) is 2.09. The minimum Gasteiger partial charge on any atom is -0.381 e. The zero-order valence-corrected chi connectivity index (χ0v) is 12.3. The first-order valence-corrected chi connectivity index (χ1v) is 7.10. The third kappa shape index (κ3) is 4.76. The molecule has 0 aromatic carbocycles. The molecule has 0 aliphatic carbocycles. The minimum absolute atomic E-state index is 0.150. The Morgan fingerprint density at radius 1 is 1.35 bits per heavy atom. The van der Waals surface area contributed by atoms with Crippen LogP contribution in [0.25, 0.3) is 0 Å². The molecular weight excluding hydrogens is 315 g/mol. The molecule has 23 heavy (non-hydrogen) atoms. The Hall–Kier alpha value is -1.94. The monoisotopic (exact) mass is 333 g/mol. The second-order valence-electron chi connectivity index (χ2n) is 5.21. The summed E-state index contributed by atoms with van der Waals surface area (Å²) in [5.74, 6) is -0.449. The smallest absolute Gasteiger partial charge is 0.381 e. The number of alkyl halides is 3. The zero-order chi connectivity index (χ0) is 16.9. The lowest BCUT2D eigenvalue weighted by atomic mass is 9.90. The maximum Gasteiger partial charge on any atom is 0.433 e. The lowest BCUT2D eigenvalue weighted by molar-refractivity contribution is -0.141. The molecule has 10 heteroatoms. The van der Waals surface area contributed by atoms with Crippen LogP contribution in [-0.4, -0.2) is 47.7 Å². The third-order valence-electron chi connectivity index (χ3n) is 3.48. The van der Waals surface area contributed by atoms with Gasteiger partial charge < -0.3 is 21.1 Å². The molecule has 1 aliphatic heterocycles. The summed E-state index contributed by atoms with van der Waals surface area (Å²) in [7, 11) is 0. The van der Waals surface area contributed by atoms with Crippen molar-refractivity contribution < 1.29 is 22.7 Å². The van der Waals surface area contributed by atoms with Crippen LogP contribution in [0.15, 0.2) is 12.3 Å². The fourth-order valence-corrected chi connectivity index (χ4v) is 2.09. The molecular formula is C13H18F3N5O2. The Kier molecular flexibility index (Phi) is 5.37. The predicted octanol–water partition coefficient (Wildman–Crippen LogP) is 0.531. The highest BCUT2D eigenvalue weighted by Crippen LogP contribution is 2.27. The van der Waals surface area contributed by atoms with Crippen molar-refractivity contribution in [3.05, 3.63) is 18.0 Å². The van der Waals surface area contributed by atoms with Crippen LogP contribution in [0.2, 0.25) is 0 Å². The van der Waals surface area contributed by atoms with Crippen LogP contribution in [0.4, 0.5) is 19.1 Å². The van der Waals surface area contributed by atoms with Crippen LogP contribution < -0.4 is 16.4 Å². The molecule has 1 amide bonds. The molecule has 2 rings (SSSR count). The molecule has 7 nitrogen and oxygen atoms in total. The second kappa shape index (κ2) is 7.09. The first-order valence-electron chi connectivity index (χ1n) is 7.10. The van der Waals surface area contributed by atoms with E-state index in [0.717, 1.165) is 12.3 Å². The number of hydrogen-bond acceptors (Lipinski definition) is 6. The molecule has 1 aromatic heterocycles. The number of hydrogen-bond donors (Lipinski definition) is 3. The van der Waals surface area contributed by atoms with Crippen molar-refractivity contribution in [1.82, 2.24) is 15.3 Å². The molecule has 0 spiro atoms. The normalized spacial score (nSPS) is 17.6. The number of nitrogens with one attached hydrogen (secondary N) is 2. The summed E-state index contributed by atoms with van der Waals surface area (Å²) >= 11 is 0. The van der Waals surface area contributed by atoms with Crippen molar-refractivity contribution in [2.45, 2.75) is 24.6 Å². The quantitative estimate of drug-likeness (QED) is 0.680. The number of rotatable bonds is 5. The second-order valence-corrected chi connectivity index (χ2v) is 5.21. The Morgan fingerprint density at radius 3 is 2.70 bits per heavy atom. The van der Waals surface area contributed by atoms with E-state index >= 15 is 0 Å². The molecule has 0 bridgehead atoms. The number of aromatic nitrogens is 2. The molecule has 1 fully saturated rings. The standard InChI is InChI=1S/C13H18F3N5O2/c14-13(15,16)9-1-4-19-11(21-9)20-6-5-18-10(22)12(17)2-7-23-8-3-12/h1,4H,2-3,5-8,17H2,(H,18,22)(H,19,20,21). The van der Waals surface area contributed by atoms with Crippen LogP contribution in [0, 0.1) is 0 Å². The van der Waals surface area contributed by atoms with Crippen molar-refractivity contribution >= 4 is 11.9 Å². The molecule has 4 N–H and O–H groups in total. The summed E-state index contributed by atoms with van der Waals surface area (Å²) in [4.78, 5) is 19.1. The highest BCUT2D eigenvalue weighted by atomic mass is 19.4. The number of anilines is 1. The summed E-state index contributed by atoms with van der Waals surface area (Å²) in [5, 5.41) is 5.27. The van der Waals surface area contributed by atoms with E-state index in [1.165, 1.54) is 0 Å². The largest absolute Gasteiger partial charge is 0.433 e. The van der Waals surface area contributed by atoms with Crippen molar-refractivity contribution in [3.63, 3.8) is 0 Å². The van der Waals surface area contributed by atoms with Crippen molar-refractivity contribution in [1.29, 1.82) is 0 Å². The van der Waals surface area contributed by atoms with Gasteiger partial charge in [-0.05, 0) is 18.9 Å². The molecule has 0 atom stereocenters. The van der Waals surface area contributed by atoms with Gasteiger partial charge >= 0.3 is 6.18 Å². The van der Waals surface area contributed by atoms with Crippen LogP contribution in [0.3, 0.4) is 0 Å². The number of halogens is 3. The molecule has 0 unspecified atom stereocenters. The number of nitrogens with two attached hydrogens (primary N) is 1. The Morgan fingerprint density at radius 2 is 2.04 bits per heavy atom. The number of carbonyl (C=O) groups excluding carboxylic acids is 1. The number of amides is 1. The van der Waals surface area contributed by atoms with E-state index in [-0.39, 0.29) is 24.9 Å². The van der Waals surface area contributed by atoms with Gasteiger partial charge in [0.05, 0.1) is 5.54 Å². The predicted molar refractivity (Wildman–Crippen MR) is 75.5 cm³/mol. The van der Waals surface area contributed by atoms with Gasteiger partial charge in [-0.15, -0.1) is 0 Å². The number of nitrogens with zero attached hydrogens (tertiary/aromatic N) is 2. The molecule has 1 saturated heterocycles.